The average molecular weight is 482 g/mol. The highest BCUT2D eigenvalue weighted by Crippen LogP contribution is 2.29. The number of carbonyl (C=O) groups is 1. The minimum absolute atomic E-state index is 0.120. The van der Waals surface area contributed by atoms with E-state index in [4.69, 9.17) is 9.47 Å². The number of nitrogens with one attached hydrogen (secondary N) is 2. The molecule has 5 rings (SSSR count). The molecule has 1 fully saturated rings. The van der Waals surface area contributed by atoms with E-state index in [2.05, 4.69) is 82.3 Å². The number of aromatic nitrogens is 1. The lowest BCUT2D eigenvalue weighted by molar-refractivity contribution is 0.0106. The van der Waals surface area contributed by atoms with E-state index in [9.17, 15) is 4.79 Å². The number of pyridine rings is 1. The van der Waals surface area contributed by atoms with Crippen LogP contribution in [0, 0.1) is 0 Å². The van der Waals surface area contributed by atoms with Gasteiger partial charge in [0.15, 0.2) is 0 Å². The molecule has 2 heterocycles. The molecule has 1 aliphatic heterocycles. The van der Waals surface area contributed by atoms with Crippen LogP contribution in [0.3, 0.4) is 0 Å². The van der Waals surface area contributed by atoms with Gasteiger partial charge in [-0.15, -0.1) is 0 Å². The highest BCUT2D eigenvalue weighted by molar-refractivity contribution is 5.83. The Bertz CT molecular complexity index is 1280. The van der Waals surface area contributed by atoms with Crippen molar-refractivity contribution in [3.8, 4) is 0 Å². The molecule has 1 aliphatic rings. The van der Waals surface area contributed by atoms with Gasteiger partial charge in [0.25, 0.3) is 0 Å². The predicted molar refractivity (Wildman–Crippen MR) is 142 cm³/mol. The second-order valence-corrected chi connectivity index (χ2v) is 9.10. The van der Waals surface area contributed by atoms with Crippen LogP contribution in [-0.2, 0) is 22.5 Å². The number of anilines is 1. The molecule has 0 radical (unpaired) electrons. The van der Waals surface area contributed by atoms with Crippen molar-refractivity contribution < 1.29 is 14.3 Å². The van der Waals surface area contributed by atoms with Crippen LogP contribution in [0.1, 0.15) is 29.0 Å². The number of amides is 1. The zero-order valence-electron chi connectivity index (χ0n) is 20.2. The Morgan fingerprint density at radius 1 is 0.944 bits per heavy atom. The second-order valence-electron chi connectivity index (χ2n) is 9.10. The van der Waals surface area contributed by atoms with Gasteiger partial charge >= 0.3 is 6.09 Å². The third-order valence-corrected chi connectivity index (χ3v) is 6.63. The predicted octanol–water partition coefficient (Wildman–Crippen LogP) is 5.69. The van der Waals surface area contributed by atoms with Gasteiger partial charge in [-0.1, -0.05) is 66.7 Å². The summed E-state index contributed by atoms with van der Waals surface area (Å²) in [5.74, 6) is 0.826. The summed E-state index contributed by atoms with van der Waals surface area (Å²) in [6.45, 7) is 2.74. The van der Waals surface area contributed by atoms with Crippen molar-refractivity contribution in [1.29, 1.82) is 0 Å². The van der Waals surface area contributed by atoms with Gasteiger partial charge in [-0.3, -0.25) is 5.32 Å². The normalized spacial score (nSPS) is 17.6. The summed E-state index contributed by atoms with van der Waals surface area (Å²) in [7, 11) is 0. The summed E-state index contributed by atoms with van der Waals surface area (Å²) in [6, 6.07) is 28.9. The van der Waals surface area contributed by atoms with Crippen molar-refractivity contribution >= 4 is 22.7 Å². The maximum Gasteiger partial charge on any atom is 0.412 e. The third kappa shape index (κ3) is 6.27. The van der Waals surface area contributed by atoms with E-state index in [1.54, 1.807) is 18.3 Å². The van der Waals surface area contributed by atoms with E-state index in [0.717, 1.165) is 25.1 Å². The second kappa shape index (κ2) is 11.8. The third-order valence-electron chi connectivity index (χ3n) is 6.63. The smallest absolute Gasteiger partial charge is 0.412 e. The molecule has 1 amide bonds. The molecule has 184 valence electrons. The van der Waals surface area contributed by atoms with E-state index < -0.39 is 6.09 Å². The number of carbonyl (C=O) groups excluding carboxylic acids is 1. The highest BCUT2D eigenvalue weighted by Gasteiger charge is 2.27. The highest BCUT2D eigenvalue weighted by atomic mass is 16.5. The molecule has 2 N–H and O–H groups in total. The van der Waals surface area contributed by atoms with E-state index in [1.807, 2.05) is 6.07 Å². The van der Waals surface area contributed by atoms with Crippen molar-refractivity contribution in [3.63, 3.8) is 0 Å². The first-order valence-corrected chi connectivity index (χ1v) is 12.5. The number of piperidine rings is 1. The number of hydrogen-bond donors (Lipinski definition) is 2. The van der Waals surface area contributed by atoms with Gasteiger partial charge in [-0.2, -0.15) is 0 Å². The minimum Gasteiger partial charge on any atom is -0.449 e. The van der Waals surface area contributed by atoms with E-state index >= 15 is 0 Å². The van der Waals surface area contributed by atoms with Crippen molar-refractivity contribution in [1.82, 2.24) is 10.3 Å². The Labute approximate surface area is 211 Å². The van der Waals surface area contributed by atoms with Crippen molar-refractivity contribution in [2.75, 3.05) is 25.0 Å². The van der Waals surface area contributed by atoms with Crippen LogP contribution in [0.5, 0.6) is 0 Å². The Morgan fingerprint density at radius 3 is 2.58 bits per heavy atom. The quantitative estimate of drug-likeness (QED) is 0.338. The van der Waals surface area contributed by atoms with Crippen LogP contribution >= 0.6 is 0 Å². The molecule has 0 spiro atoms. The fourth-order valence-corrected chi connectivity index (χ4v) is 4.69. The SMILES string of the molecule is O=C(Nc1ccccn1)OCCc1ccc(C2CCNCC2OCc2ccc3ccccc3c2)cc1. The molecule has 0 aliphatic carbocycles. The molecule has 2 unspecified atom stereocenters. The molecular weight excluding hydrogens is 450 g/mol. The molecule has 3 aromatic carbocycles. The largest absolute Gasteiger partial charge is 0.449 e. The number of benzene rings is 3. The summed E-state index contributed by atoms with van der Waals surface area (Å²) in [6.07, 6.45) is 2.95. The van der Waals surface area contributed by atoms with Crippen molar-refractivity contribution in [2.45, 2.75) is 31.5 Å². The Balaban J connectivity index is 1.13. The molecule has 0 bridgehead atoms. The maximum atomic E-state index is 11.9. The summed E-state index contributed by atoms with van der Waals surface area (Å²) >= 11 is 0. The van der Waals surface area contributed by atoms with Crippen molar-refractivity contribution in [2.24, 2.45) is 0 Å². The number of hydrogen-bond acceptors (Lipinski definition) is 5. The van der Waals surface area contributed by atoms with E-state index in [-0.39, 0.29) is 6.10 Å². The summed E-state index contributed by atoms with van der Waals surface area (Å²) in [4.78, 5) is 16.0. The number of ether oxygens (including phenoxy) is 2. The first kappa shape index (κ1) is 24.0. The molecule has 1 saturated heterocycles. The molecule has 6 heteroatoms. The lowest BCUT2D eigenvalue weighted by Crippen LogP contribution is -2.40. The fraction of sp³-hybridized carbons (Fsp3) is 0.267. The van der Waals surface area contributed by atoms with E-state index in [0.29, 0.717) is 31.4 Å². The zero-order chi connectivity index (χ0) is 24.6. The minimum atomic E-state index is -0.494. The lowest BCUT2D eigenvalue weighted by atomic mass is 9.87. The maximum absolute atomic E-state index is 11.9. The summed E-state index contributed by atoms with van der Waals surface area (Å²) in [5.41, 5.74) is 3.62. The fourth-order valence-electron chi connectivity index (χ4n) is 4.69. The Hall–Kier alpha value is -3.74. The van der Waals surface area contributed by atoms with Crippen LogP contribution in [0.4, 0.5) is 10.6 Å². The zero-order valence-corrected chi connectivity index (χ0v) is 20.2. The van der Waals surface area contributed by atoms with E-state index in [1.165, 1.54) is 21.9 Å². The Morgan fingerprint density at radius 2 is 1.75 bits per heavy atom. The van der Waals surface area contributed by atoms with Crippen LogP contribution in [-0.4, -0.2) is 36.9 Å². The summed E-state index contributed by atoms with van der Waals surface area (Å²) < 4.78 is 11.7. The van der Waals surface area contributed by atoms with Gasteiger partial charge < -0.3 is 14.8 Å². The van der Waals surface area contributed by atoms with Gasteiger partial charge in [0.1, 0.15) is 5.82 Å². The number of rotatable bonds is 8. The van der Waals surface area contributed by atoms with Gasteiger partial charge in [0.2, 0.25) is 0 Å². The van der Waals surface area contributed by atoms with Gasteiger partial charge in [-0.25, -0.2) is 9.78 Å². The first-order valence-electron chi connectivity index (χ1n) is 12.5. The standard InChI is InChI=1S/C30H31N3O3/c34-30(33-29-7-3-4-16-32-29)35-18-15-22-8-12-25(13-9-22)27-14-17-31-20-28(27)36-21-23-10-11-24-5-1-2-6-26(24)19-23/h1-13,16,19,27-28,31H,14-15,17-18,20-21H2,(H,32,33,34). The topological polar surface area (TPSA) is 72.5 Å². The van der Waals surface area contributed by atoms with Crippen LogP contribution in [0.25, 0.3) is 10.8 Å². The molecule has 4 aromatic rings. The van der Waals surface area contributed by atoms with Gasteiger partial charge in [0, 0.05) is 25.1 Å². The van der Waals surface area contributed by atoms with Crippen LogP contribution in [0.15, 0.2) is 91.1 Å². The van der Waals surface area contributed by atoms with Gasteiger partial charge in [-0.05, 0) is 58.6 Å². The van der Waals surface area contributed by atoms with Crippen LogP contribution < -0.4 is 10.6 Å². The molecule has 6 nitrogen and oxygen atoms in total. The monoisotopic (exact) mass is 481 g/mol. The average Bonchev–Trinajstić information content (AvgIpc) is 2.93. The molecule has 0 saturated carbocycles. The van der Waals surface area contributed by atoms with Gasteiger partial charge in [0.05, 0.1) is 19.3 Å². The summed E-state index contributed by atoms with van der Waals surface area (Å²) in [5, 5.41) is 8.60. The Kier molecular flexibility index (Phi) is 7.86. The molecular formula is C30H31N3O3. The first-order chi connectivity index (χ1) is 17.7. The molecule has 36 heavy (non-hydrogen) atoms. The molecule has 1 aromatic heterocycles. The number of nitrogens with zero attached hydrogens (tertiary/aromatic N) is 1. The molecule has 2 atom stereocenters. The van der Waals surface area contributed by atoms with Crippen LogP contribution in [0.2, 0.25) is 0 Å². The van der Waals surface area contributed by atoms with Crippen molar-refractivity contribution in [3.05, 3.63) is 108 Å². The number of fused-ring (bicyclic) bond motifs is 1. The lowest BCUT2D eigenvalue weighted by Gasteiger charge is -2.32.